The molecular formula is C23H15O6. The van der Waals surface area contributed by atoms with Crippen molar-refractivity contribution in [1.82, 2.24) is 0 Å². The fraction of sp³-hybridized carbons (Fsp3) is 0.0435. The van der Waals surface area contributed by atoms with Crippen LogP contribution >= 0.6 is 0 Å². The van der Waals surface area contributed by atoms with Crippen molar-refractivity contribution in [1.29, 1.82) is 0 Å². The van der Waals surface area contributed by atoms with Gasteiger partial charge in [0.15, 0.2) is 5.78 Å². The van der Waals surface area contributed by atoms with E-state index < -0.39 is 17.7 Å². The quantitative estimate of drug-likeness (QED) is 0.493. The zero-order valence-electron chi connectivity index (χ0n) is 15.1. The number of carboxylic acids is 1. The molecule has 0 bridgehead atoms. The second-order valence-corrected chi connectivity index (χ2v) is 6.14. The fourth-order valence-corrected chi connectivity index (χ4v) is 2.67. The first-order chi connectivity index (χ1) is 14.0. The molecule has 0 amide bonds. The highest BCUT2D eigenvalue weighted by molar-refractivity contribution is 6.14. The monoisotopic (exact) mass is 387 g/mol. The van der Waals surface area contributed by atoms with E-state index in [0.29, 0.717) is 0 Å². The molecule has 0 aromatic heterocycles. The van der Waals surface area contributed by atoms with E-state index in [4.69, 9.17) is 9.84 Å². The molecule has 0 heterocycles. The Morgan fingerprint density at radius 2 is 1.45 bits per heavy atom. The Labute approximate surface area is 166 Å². The maximum absolute atomic E-state index is 12.7. The van der Waals surface area contributed by atoms with Crippen molar-refractivity contribution in [3.63, 3.8) is 0 Å². The number of carboxylic acid groups (broad SMARTS) is 1. The van der Waals surface area contributed by atoms with Gasteiger partial charge in [-0.25, -0.2) is 9.59 Å². The Hall–Kier alpha value is -4.06. The normalized spacial score (nSPS) is 10.2. The summed E-state index contributed by atoms with van der Waals surface area (Å²) >= 11 is 0. The molecule has 0 unspecified atom stereocenters. The summed E-state index contributed by atoms with van der Waals surface area (Å²) in [6.45, 7) is 0.126. The number of hydrogen-bond acceptors (Lipinski definition) is 5. The number of benzene rings is 3. The molecule has 1 N–H and O–H groups in total. The SMILES string of the molecule is O=[C]c1ccc(C(=O)O)cc1C(=O)c1ccc(C(=O)OCc2ccccc2)cc1. The smallest absolute Gasteiger partial charge is 0.338 e. The number of ether oxygens (including phenoxy) is 1. The number of aromatic carboxylic acids is 1. The lowest BCUT2D eigenvalue weighted by Gasteiger charge is -2.07. The van der Waals surface area contributed by atoms with Crippen LogP contribution in [0.3, 0.4) is 0 Å². The minimum atomic E-state index is -1.21. The Morgan fingerprint density at radius 3 is 2.07 bits per heavy atom. The number of carbonyl (C=O) groups is 3. The van der Waals surface area contributed by atoms with Crippen LogP contribution in [0.1, 0.15) is 47.8 Å². The zero-order chi connectivity index (χ0) is 20.8. The molecule has 0 spiro atoms. The van der Waals surface area contributed by atoms with Gasteiger partial charge in [0.05, 0.1) is 11.1 Å². The fourth-order valence-electron chi connectivity index (χ4n) is 2.67. The molecule has 143 valence electrons. The van der Waals surface area contributed by atoms with Crippen LogP contribution in [0.2, 0.25) is 0 Å². The van der Waals surface area contributed by atoms with Gasteiger partial charge in [0.1, 0.15) is 6.61 Å². The average Bonchev–Trinajstić information content (AvgIpc) is 2.77. The van der Waals surface area contributed by atoms with Gasteiger partial charge in [-0.3, -0.25) is 9.59 Å². The van der Waals surface area contributed by atoms with Crippen LogP contribution in [0.15, 0.2) is 72.8 Å². The third-order valence-corrected chi connectivity index (χ3v) is 4.22. The van der Waals surface area contributed by atoms with Gasteiger partial charge in [0.2, 0.25) is 6.29 Å². The van der Waals surface area contributed by atoms with Crippen molar-refractivity contribution in [3.05, 3.63) is 106 Å². The van der Waals surface area contributed by atoms with E-state index in [1.165, 1.54) is 36.4 Å². The highest BCUT2D eigenvalue weighted by Gasteiger charge is 2.17. The third kappa shape index (κ3) is 4.62. The molecule has 3 aromatic rings. The van der Waals surface area contributed by atoms with Crippen LogP contribution in [0, 0.1) is 0 Å². The summed E-state index contributed by atoms with van der Waals surface area (Å²) in [6, 6.07) is 18.5. The van der Waals surface area contributed by atoms with Crippen LogP contribution in [0.5, 0.6) is 0 Å². The predicted molar refractivity (Wildman–Crippen MR) is 104 cm³/mol. The molecule has 0 aliphatic rings. The number of esters is 1. The zero-order valence-corrected chi connectivity index (χ0v) is 15.1. The second-order valence-electron chi connectivity index (χ2n) is 6.14. The van der Waals surface area contributed by atoms with Crippen molar-refractivity contribution in [2.45, 2.75) is 6.61 Å². The van der Waals surface area contributed by atoms with Gasteiger partial charge in [0, 0.05) is 16.7 Å². The molecular weight excluding hydrogens is 372 g/mol. The van der Waals surface area contributed by atoms with E-state index in [2.05, 4.69) is 0 Å². The summed E-state index contributed by atoms with van der Waals surface area (Å²) < 4.78 is 5.24. The molecule has 1 radical (unpaired) electrons. The van der Waals surface area contributed by atoms with Gasteiger partial charge in [-0.05, 0) is 35.9 Å². The summed E-state index contributed by atoms with van der Waals surface area (Å²) in [5.74, 6) is -2.30. The molecule has 0 saturated carbocycles. The molecule has 3 aromatic carbocycles. The molecule has 6 nitrogen and oxygen atoms in total. The molecule has 6 heteroatoms. The maximum atomic E-state index is 12.7. The lowest BCUT2D eigenvalue weighted by molar-refractivity contribution is 0.0472. The van der Waals surface area contributed by atoms with Crippen molar-refractivity contribution >= 4 is 24.0 Å². The summed E-state index contributed by atoms with van der Waals surface area (Å²) in [5.41, 5.74) is 1.09. The van der Waals surface area contributed by atoms with E-state index in [1.807, 2.05) is 30.3 Å². The van der Waals surface area contributed by atoms with Crippen molar-refractivity contribution in [2.24, 2.45) is 0 Å². The van der Waals surface area contributed by atoms with Crippen molar-refractivity contribution < 1.29 is 29.0 Å². The first-order valence-corrected chi connectivity index (χ1v) is 8.61. The van der Waals surface area contributed by atoms with Gasteiger partial charge < -0.3 is 9.84 Å². The Morgan fingerprint density at radius 1 is 0.828 bits per heavy atom. The molecule has 0 atom stereocenters. The van der Waals surface area contributed by atoms with E-state index >= 15 is 0 Å². The lowest BCUT2D eigenvalue weighted by atomic mass is 9.96. The Kier molecular flexibility index (Phi) is 5.94. The van der Waals surface area contributed by atoms with E-state index in [-0.39, 0.29) is 34.4 Å². The number of carbonyl (C=O) groups excluding carboxylic acids is 3. The summed E-state index contributed by atoms with van der Waals surface area (Å²) in [4.78, 5) is 47.1. The van der Waals surface area contributed by atoms with Gasteiger partial charge in [0.25, 0.3) is 0 Å². The van der Waals surface area contributed by atoms with E-state index in [9.17, 15) is 19.2 Å². The molecule has 3 rings (SSSR count). The topological polar surface area (TPSA) is 97.7 Å². The van der Waals surface area contributed by atoms with E-state index in [0.717, 1.165) is 11.6 Å². The molecule has 0 aliphatic carbocycles. The van der Waals surface area contributed by atoms with Gasteiger partial charge in [-0.15, -0.1) is 0 Å². The first kappa shape index (κ1) is 19.7. The van der Waals surface area contributed by atoms with Gasteiger partial charge >= 0.3 is 11.9 Å². The summed E-state index contributed by atoms with van der Waals surface area (Å²) in [6.07, 6.45) is 1.64. The first-order valence-electron chi connectivity index (χ1n) is 8.61. The second kappa shape index (κ2) is 8.75. The highest BCUT2D eigenvalue weighted by atomic mass is 16.5. The minimum Gasteiger partial charge on any atom is -0.478 e. The molecule has 0 aliphatic heterocycles. The maximum Gasteiger partial charge on any atom is 0.338 e. The lowest BCUT2D eigenvalue weighted by Crippen LogP contribution is -2.09. The van der Waals surface area contributed by atoms with Gasteiger partial charge in [-0.2, -0.15) is 0 Å². The molecule has 0 saturated heterocycles. The number of hydrogen-bond donors (Lipinski definition) is 1. The van der Waals surface area contributed by atoms with Crippen molar-refractivity contribution in [2.75, 3.05) is 0 Å². The van der Waals surface area contributed by atoms with Gasteiger partial charge in [-0.1, -0.05) is 42.5 Å². The van der Waals surface area contributed by atoms with Crippen molar-refractivity contribution in [3.8, 4) is 0 Å². The molecule has 29 heavy (non-hydrogen) atoms. The summed E-state index contributed by atoms with van der Waals surface area (Å²) in [7, 11) is 0. The Bertz CT molecular complexity index is 1070. The molecule has 0 fully saturated rings. The number of ketones is 1. The van der Waals surface area contributed by atoms with Crippen LogP contribution in [0.4, 0.5) is 0 Å². The standard InChI is InChI=1S/C23H15O6/c24-13-19-11-10-18(22(26)27)12-20(19)21(25)16-6-8-17(9-7-16)23(28)29-14-15-4-2-1-3-5-15/h1-12H,14H2,(H,26,27). The van der Waals surface area contributed by atoms with Crippen LogP contribution in [-0.4, -0.2) is 29.1 Å². The highest BCUT2D eigenvalue weighted by Crippen LogP contribution is 2.17. The number of rotatable bonds is 7. The van der Waals surface area contributed by atoms with E-state index in [1.54, 1.807) is 6.29 Å². The Balaban J connectivity index is 1.77. The largest absolute Gasteiger partial charge is 0.478 e. The van der Waals surface area contributed by atoms with Crippen LogP contribution < -0.4 is 0 Å². The average molecular weight is 387 g/mol. The predicted octanol–water partition coefficient (Wildman–Crippen LogP) is 3.43. The van der Waals surface area contributed by atoms with Crippen LogP contribution in [-0.2, 0) is 16.1 Å². The summed E-state index contributed by atoms with van der Waals surface area (Å²) in [5, 5.41) is 9.09. The van der Waals surface area contributed by atoms with Crippen LogP contribution in [0.25, 0.3) is 0 Å². The minimum absolute atomic E-state index is 0.0358. The third-order valence-electron chi connectivity index (χ3n) is 4.22.